The van der Waals surface area contributed by atoms with Crippen molar-refractivity contribution in [2.24, 2.45) is 5.92 Å². The monoisotopic (exact) mass is 337 g/mol. The first-order valence-corrected chi connectivity index (χ1v) is 9.00. The molecule has 1 fully saturated rings. The number of nitrogens with zero attached hydrogens (tertiary/aromatic N) is 1. The fourth-order valence-electron chi connectivity index (χ4n) is 3.66. The molecule has 0 spiro atoms. The van der Waals surface area contributed by atoms with Gasteiger partial charge in [0.05, 0.1) is 0 Å². The molecule has 0 N–H and O–H groups in total. The van der Waals surface area contributed by atoms with Gasteiger partial charge in [0, 0.05) is 18.0 Å². The summed E-state index contributed by atoms with van der Waals surface area (Å²) in [6, 6.07) is 17.4. The highest BCUT2D eigenvalue weighted by molar-refractivity contribution is 5.97. The second-order valence-electron chi connectivity index (χ2n) is 6.80. The van der Waals surface area contributed by atoms with Crippen LogP contribution in [0.4, 0.5) is 0 Å². The Morgan fingerprint density at radius 3 is 2.40 bits per heavy atom. The molecule has 4 rings (SSSR count). The summed E-state index contributed by atoms with van der Waals surface area (Å²) >= 11 is 0. The van der Waals surface area contributed by atoms with E-state index in [4.69, 9.17) is 9.47 Å². The summed E-state index contributed by atoms with van der Waals surface area (Å²) in [5.74, 6) is 2.08. The Hall–Kier alpha value is -2.33. The maximum Gasteiger partial charge on any atom is 0.166 e. The minimum Gasteiger partial charge on any atom is -0.486 e. The molecule has 25 heavy (non-hydrogen) atoms. The first-order chi connectivity index (χ1) is 12.3. The summed E-state index contributed by atoms with van der Waals surface area (Å²) in [5, 5.41) is 0. The quantitative estimate of drug-likeness (QED) is 0.802. The van der Waals surface area contributed by atoms with E-state index in [0.29, 0.717) is 6.61 Å². The van der Waals surface area contributed by atoms with Crippen molar-refractivity contribution >= 4 is 5.78 Å². The van der Waals surface area contributed by atoms with Crippen molar-refractivity contribution in [3.8, 4) is 11.5 Å². The Morgan fingerprint density at radius 1 is 0.960 bits per heavy atom. The van der Waals surface area contributed by atoms with E-state index in [9.17, 15) is 4.79 Å². The zero-order valence-corrected chi connectivity index (χ0v) is 14.3. The van der Waals surface area contributed by atoms with Crippen LogP contribution in [0.15, 0.2) is 54.6 Å². The number of rotatable bonds is 4. The number of carbonyl (C=O) groups is 1. The Bertz CT molecular complexity index is 723. The van der Waals surface area contributed by atoms with Crippen molar-refractivity contribution < 1.29 is 14.3 Å². The van der Waals surface area contributed by atoms with Gasteiger partial charge in [0.2, 0.25) is 0 Å². The molecular weight excluding hydrogens is 314 g/mol. The molecule has 0 amide bonds. The molecule has 0 aromatic heterocycles. The molecule has 2 aliphatic rings. The van der Waals surface area contributed by atoms with E-state index < -0.39 is 0 Å². The highest BCUT2D eigenvalue weighted by Gasteiger charge is 2.29. The average Bonchev–Trinajstić information content (AvgIpc) is 2.69. The predicted octanol–water partition coefficient (Wildman–Crippen LogP) is 3.42. The van der Waals surface area contributed by atoms with Crippen molar-refractivity contribution in [3.63, 3.8) is 0 Å². The van der Waals surface area contributed by atoms with Gasteiger partial charge in [0.1, 0.15) is 12.7 Å². The normalized spacial score (nSPS) is 21.0. The lowest BCUT2D eigenvalue weighted by Gasteiger charge is -2.35. The Morgan fingerprint density at radius 2 is 1.64 bits per heavy atom. The largest absolute Gasteiger partial charge is 0.486 e. The molecule has 4 heteroatoms. The highest BCUT2D eigenvalue weighted by Crippen LogP contribution is 2.31. The minimum absolute atomic E-state index is 0.0521. The van der Waals surface area contributed by atoms with Gasteiger partial charge in [-0.15, -0.1) is 0 Å². The lowest BCUT2D eigenvalue weighted by atomic mass is 9.89. The van der Waals surface area contributed by atoms with Crippen molar-refractivity contribution in [3.05, 3.63) is 60.2 Å². The Kier molecular flexibility index (Phi) is 4.70. The molecule has 0 bridgehead atoms. The molecule has 0 aliphatic carbocycles. The third kappa shape index (κ3) is 3.69. The van der Waals surface area contributed by atoms with Crippen LogP contribution in [0.5, 0.6) is 11.5 Å². The number of hydrogen-bond donors (Lipinski definition) is 0. The van der Waals surface area contributed by atoms with Gasteiger partial charge >= 0.3 is 0 Å². The van der Waals surface area contributed by atoms with Crippen LogP contribution in [-0.4, -0.2) is 43.0 Å². The second-order valence-corrected chi connectivity index (χ2v) is 6.80. The Labute approximate surface area is 148 Å². The summed E-state index contributed by atoms with van der Waals surface area (Å²) in [6.07, 6.45) is 1.88. The lowest BCUT2D eigenvalue weighted by Crippen LogP contribution is -2.45. The van der Waals surface area contributed by atoms with E-state index in [1.165, 1.54) is 0 Å². The minimum atomic E-state index is 0.0521. The van der Waals surface area contributed by atoms with Crippen LogP contribution < -0.4 is 9.47 Å². The van der Waals surface area contributed by atoms with Gasteiger partial charge in [-0.05, 0) is 38.1 Å². The topological polar surface area (TPSA) is 38.8 Å². The summed E-state index contributed by atoms with van der Waals surface area (Å²) in [5.41, 5.74) is 0.835. The van der Waals surface area contributed by atoms with Crippen LogP contribution in [0.2, 0.25) is 0 Å². The van der Waals surface area contributed by atoms with E-state index in [0.717, 1.165) is 49.5 Å². The maximum atomic E-state index is 12.6. The zero-order valence-electron chi connectivity index (χ0n) is 14.3. The number of Topliss-reactive ketones (excluding diaryl/α,β-unsaturated/α-hetero) is 1. The molecule has 2 heterocycles. The average molecular weight is 337 g/mol. The van der Waals surface area contributed by atoms with Gasteiger partial charge in [0.15, 0.2) is 17.3 Å². The van der Waals surface area contributed by atoms with E-state index in [-0.39, 0.29) is 17.8 Å². The first kappa shape index (κ1) is 16.2. The molecule has 1 atom stereocenters. The molecule has 0 radical (unpaired) electrons. The number of likely N-dealkylation sites (tertiary alicyclic amines) is 1. The summed E-state index contributed by atoms with van der Waals surface area (Å²) in [7, 11) is 0. The number of benzene rings is 2. The molecule has 2 aliphatic heterocycles. The standard InChI is InChI=1S/C21H23NO3/c23-21(16-6-2-1-3-7-16)17-10-12-22(13-11-17)14-18-15-24-19-8-4-5-9-20(19)25-18/h1-9,17-18H,10-15H2. The lowest BCUT2D eigenvalue weighted by molar-refractivity contribution is 0.0462. The smallest absolute Gasteiger partial charge is 0.166 e. The fourth-order valence-corrected chi connectivity index (χ4v) is 3.66. The zero-order chi connectivity index (χ0) is 17.1. The van der Waals surface area contributed by atoms with Crippen LogP contribution in [0.3, 0.4) is 0 Å². The molecular formula is C21H23NO3. The first-order valence-electron chi connectivity index (χ1n) is 9.00. The van der Waals surface area contributed by atoms with Crippen LogP contribution in [0.1, 0.15) is 23.2 Å². The number of piperidine rings is 1. The van der Waals surface area contributed by atoms with Crippen molar-refractivity contribution in [1.82, 2.24) is 4.90 Å². The van der Waals surface area contributed by atoms with Crippen LogP contribution in [0, 0.1) is 5.92 Å². The van der Waals surface area contributed by atoms with Gasteiger partial charge in [-0.3, -0.25) is 9.69 Å². The molecule has 0 saturated carbocycles. The number of ether oxygens (including phenoxy) is 2. The highest BCUT2D eigenvalue weighted by atomic mass is 16.6. The second kappa shape index (κ2) is 7.28. The van der Waals surface area contributed by atoms with Crippen molar-refractivity contribution in [1.29, 1.82) is 0 Å². The summed E-state index contributed by atoms with van der Waals surface area (Å²) in [6.45, 7) is 3.30. The van der Waals surface area contributed by atoms with Gasteiger partial charge in [-0.2, -0.15) is 0 Å². The number of fused-ring (bicyclic) bond motifs is 1. The van der Waals surface area contributed by atoms with Gasteiger partial charge in [-0.25, -0.2) is 0 Å². The number of ketones is 1. The fraction of sp³-hybridized carbons (Fsp3) is 0.381. The van der Waals surface area contributed by atoms with E-state index in [2.05, 4.69) is 4.90 Å². The number of para-hydroxylation sites is 2. The third-order valence-corrected chi connectivity index (χ3v) is 5.05. The maximum absolute atomic E-state index is 12.6. The van der Waals surface area contributed by atoms with Crippen molar-refractivity contribution in [2.75, 3.05) is 26.2 Å². The number of carbonyl (C=O) groups excluding carboxylic acids is 1. The van der Waals surface area contributed by atoms with E-state index in [1.54, 1.807) is 0 Å². The summed E-state index contributed by atoms with van der Waals surface area (Å²) < 4.78 is 11.8. The molecule has 1 saturated heterocycles. The third-order valence-electron chi connectivity index (χ3n) is 5.05. The van der Waals surface area contributed by atoms with E-state index in [1.807, 2.05) is 54.6 Å². The number of hydrogen-bond acceptors (Lipinski definition) is 4. The molecule has 2 aromatic rings. The van der Waals surface area contributed by atoms with Crippen LogP contribution in [0.25, 0.3) is 0 Å². The van der Waals surface area contributed by atoms with Gasteiger partial charge < -0.3 is 9.47 Å². The Balaban J connectivity index is 1.29. The van der Waals surface area contributed by atoms with Gasteiger partial charge in [-0.1, -0.05) is 42.5 Å². The molecule has 2 aromatic carbocycles. The van der Waals surface area contributed by atoms with Crippen LogP contribution in [-0.2, 0) is 0 Å². The van der Waals surface area contributed by atoms with Gasteiger partial charge in [0.25, 0.3) is 0 Å². The predicted molar refractivity (Wildman–Crippen MR) is 96.3 cm³/mol. The van der Waals surface area contributed by atoms with E-state index >= 15 is 0 Å². The van der Waals surface area contributed by atoms with Crippen LogP contribution >= 0.6 is 0 Å². The SMILES string of the molecule is O=C(c1ccccc1)C1CCN(CC2COc3ccccc3O2)CC1. The summed E-state index contributed by atoms with van der Waals surface area (Å²) in [4.78, 5) is 15.0. The molecule has 130 valence electrons. The molecule has 1 unspecified atom stereocenters. The molecule has 4 nitrogen and oxygen atoms in total. The van der Waals surface area contributed by atoms with Crippen molar-refractivity contribution in [2.45, 2.75) is 18.9 Å².